The second-order valence-corrected chi connectivity index (χ2v) is 5.31. The number of hydrogen-bond donors (Lipinski definition) is 1. The number of nitrogens with one attached hydrogen (secondary N) is 1. The Morgan fingerprint density at radius 1 is 1.33 bits per heavy atom. The lowest BCUT2D eigenvalue weighted by Crippen LogP contribution is -2.07. The summed E-state index contributed by atoms with van der Waals surface area (Å²) in [5.41, 5.74) is 0.630. The van der Waals surface area contributed by atoms with Gasteiger partial charge in [0, 0.05) is 24.5 Å². The molecule has 0 aliphatic heterocycles. The summed E-state index contributed by atoms with van der Waals surface area (Å²) in [6.45, 7) is 5.14. The summed E-state index contributed by atoms with van der Waals surface area (Å²) >= 11 is 1.32. The minimum Gasteiger partial charge on any atom is -0.360 e. The lowest BCUT2D eigenvalue weighted by atomic mass is 10.1. The number of benzene rings is 1. The molecule has 2 aromatic rings. The second kappa shape index (κ2) is 5.91. The summed E-state index contributed by atoms with van der Waals surface area (Å²) in [5, 5.41) is 4.02. The molecule has 0 spiro atoms. The summed E-state index contributed by atoms with van der Waals surface area (Å²) in [7, 11) is 0. The van der Waals surface area contributed by atoms with Crippen LogP contribution in [0, 0.1) is 11.7 Å². The lowest BCUT2D eigenvalue weighted by Gasteiger charge is -2.03. The molecular formula is C13H16FN3S. The van der Waals surface area contributed by atoms with Gasteiger partial charge in [0.2, 0.25) is 5.13 Å². The number of nitrogens with zero attached hydrogens (tertiary/aromatic N) is 2. The van der Waals surface area contributed by atoms with Gasteiger partial charge in [-0.1, -0.05) is 32.0 Å². The summed E-state index contributed by atoms with van der Waals surface area (Å²) < 4.78 is 17.7. The zero-order valence-corrected chi connectivity index (χ0v) is 11.3. The van der Waals surface area contributed by atoms with Crippen LogP contribution in [-0.4, -0.2) is 15.9 Å². The third kappa shape index (κ3) is 3.50. The zero-order chi connectivity index (χ0) is 13.0. The Hall–Kier alpha value is -1.49. The first kappa shape index (κ1) is 13.0. The summed E-state index contributed by atoms with van der Waals surface area (Å²) in [5.74, 6) is 1.02. The Labute approximate surface area is 110 Å². The maximum Gasteiger partial charge on any atom is 0.202 e. The van der Waals surface area contributed by atoms with Gasteiger partial charge in [-0.3, -0.25) is 0 Å². The van der Waals surface area contributed by atoms with Crippen LogP contribution < -0.4 is 5.32 Å². The standard InChI is InChI=1S/C13H16FN3S/c1-9(2)8-15-13-16-12(17-18-13)7-10-5-3-4-6-11(10)14/h3-6,9H,7-8H2,1-2H3,(H,15,16,17). The molecule has 0 unspecified atom stereocenters. The van der Waals surface area contributed by atoms with Crippen molar-refractivity contribution in [2.45, 2.75) is 20.3 Å². The highest BCUT2D eigenvalue weighted by atomic mass is 32.1. The van der Waals surface area contributed by atoms with Gasteiger partial charge in [0.05, 0.1) is 0 Å². The summed E-state index contributed by atoms with van der Waals surface area (Å²) in [4.78, 5) is 4.35. The van der Waals surface area contributed by atoms with Crippen molar-refractivity contribution in [2.24, 2.45) is 5.92 Å². The molecule has 0 atom stereocenters. The second-order valence-electron chi connectivity index (χ2n) is 4.56. The van der Waals surface area contributed by atoms with Crippen LogP contribution in [-0.2, 0) is 6.42 Å². The normalized spacial score (nSPS) is 10.9. The fourth-order valence-corrected chi connectivity index (χ4v) is 2.09. The summed E-state index contributed by atoms with van der Waals surface area (Å²) in [6, 6.07) is 6.73. The Bertz CT molecular complexity index is 510. The first-order chi connectivity index (χ1) is 8.65. The molecule has 0 radical (unpaired) electrons. The van der Waals surface area contributed by atoms with Crippen molar-refractivity contribution in [1.82, 2.24) is 9.36 Å². The number of hydrogen-bond acceptors (Lipinski definition) is 4. The Balaban J connectivity index is 2.00. The van der Waals surface area contributed by atoms with E-state index in [1.54, 1.807) is 12.1 Å². The monoisotopic (exact) mass is 265 g/mol. The van der Waals surface area contributed by atoms with E-state index in [0.29, 0.717) is 23.7 Å². The van der Waals surface area contributed by atoms with E-state index >= 15 is 0 Å². The summed E-state index contributed by atoms with van der Waals surface area (Å²) in [6.07, 6.45) is 0.437. The van der Waals surface area contributed by atoms with Crippen LogP contribution in [0.5, 0.6) is 0 Å². The molecule has 18 heavy (non-hydrogen) atoms. The van der Waals surface area contributed by atoms with Crippen molar-refractivity contribution in [1.29, 1.82) is 0 Å². The molecule has 1 aromatic carbocycles. The number of aromatic nitrogens is 2. The van der Waals surface area contributed by atoms with Gasteiger partial charge in [0.25, 0.3) is 0 Å². The van der Waals surface area contributed by atoms with Gasteiger partial charge in [0.1, 0.15) is 11.6 Å². The molecule has 0 bridgehead atoms. The predicted octanol–water partition coefficient (Wildman–Crippen LogP) is 3.34. The highest BCUT2D eigenvalue weighted by molar-refractivity contribution is 7.09. The first-order valence-electron chi connectivity index (χ1n) is 5.95. The third-order valence-corrected chi connectivity index (χ3v) is 3.15. The molecule has 5 heteroatoms. The largest absolute Gasteiger partial charge is 0.360 e. The van der Waals surface area contributed by atoms with Gasteiger partial charge in [0.15, 0.2) is 0 Å². The third-order valence-electron chi connectivity index (χ3n) is 2.44. The Morgan fingerprint density at radius 3 is 2.83 bits per heavy atom. The molecule has 2 rings (SSSR count). The SMILES string of the molecule is CC(C)CNc1nc(Cc2ccccc2F)ns1. The molecule has 96 valence electrons. The molecule has 0 saturated heterocycles. The fraction of sp³-hybridized carbons (Fsp3) is 0.385. The van der Waals surface area contributed by atoms with Gasteiger partial charge in [-0.05, 0) is 17.5 Å². The molecule has 3 nitrogen and oxygen atoms in total. The molecule has 0 saturated carbocycles. The van der Waals surface area contributed by atoms with Crippen LogP contribution in [0.1, 0.15) is 25.2 Å². The number of rotatable bonds is 5. The van der Waals surface area contributed by atoms with E-state index in [-0.39, 0.29) is 5.82 Å². The Morgan fingerprint density at radius 2 is 2.11 bits per heavy atom. The van der Waals surface area contributed by atoms with Crippen LogP contribution >= 0.6 is 11.5 Å². The molecule has 1 aromatic heterocycles. The number of halogens is 1. The van der Waals surface area contributed by atoms with Gasteiger partial charge in [-0.25, -0.2) is 9.37 Å². The van der Waals surface area contributed by atoms with Crippen molar-refractivity contribution >= 4 is 16.7 Å². The van der Waals surface area contributed by atoms with Crippen molar-refractivity contribution in [3.63, 3.8) is 0 Å². The van der Waals surface area contributed by atoms with Gasteiger partial charge in [-0.15, -0.1) is 0 Å². The van der Waals surface area contributed by atoms with Crippen molar-refractivity contribution in [2.75, 3.05) is 11.9 Å². The molecular weight excluding hydrogens is 249 g/mol. The molecule has 1 heterocycles. The highest BCUT2D eigenvalue weighted by Crippen LogP contribution is 2.16. The van der Waals surface area contributed by atoms with E-state index in [9.17, 15) is 4.39 Å². The van der Waals surface area contributed by atoms with E-state index in [1.165, 1.54) is 17.6 Å². The van der Waals surface area contributed by atoms with E-state index in [4.69, 9.17) is 0 Å². The topological polar surface area (TPSA) is 37.8 Å². The molecule has 0 aliphatic carbocycles. The average Bonchev–Trinajstić information content (AvgIpc) is 2.77. The van der Waals surface area contributed by atoms with Gasteiger partial charge < -0.3 is 5.32 Å². The van der Waals surface area contributed by atoms with Crippen molar-refractivity contribution in [3.8, 4) is 0 Å². The lowest BCUT2D eigenvalue weighted by molar-refractivity contribution is 0.612. The van der Waals surface area contributed by atoms with E-state index < -0.39 is 0 Å². The molecule has 0 aliphatic rings. The van der Waals surface area contributed by atoms with Crippen LogP contribution in [0.3, 0.4) is 0 Å². The molecule has 0 amide bonds. The molecule has 0 fully saturated rings. The minimum absolute atomic E-state index is 0.205. The maximum atomic E-state index is 13.5. The quantitative estimate of drug-likeness (QED) is 0.901. The van der Waals surface area contributed by atoms with E-state index in [1.807, 2.05) is 6.07 Å². The minimum atomic E-state index is -0.205. The van der Waals surface area contributed by atoms with Crippen LogP contribution in [0.25, 0.3) is 0 Å². The van der Waals surface area contributed by atoms with Crippen molar-refractivity contribution in [3.05, 3.63) is 41.5 Å². The fourth-order valence-electron chi connectivity index (χ4n) is 1.50. The van der Waals surface area contributed by atoms with E-state index in [2.05, 4.69) is 28.5 Å². The van der Waals surface area contributed by atoms with Crippen molar-refractivity contribution < 1.29 is 4.39 Å². The van der Waals surface area contributed by atoms with E-state index in [0.717, 1.165) is 11.7 Å². The number of anilines is 1. The smallest absolute Gasteiger partial charge is 0.202 e. The first-order valence-corrected chi connectivity index (χ1v) is 6.72. The predicted molar refractivity (Wildman–Crippen MR) is 72.4 cm³/mol. The van der Waals surface area contributed by atoms with Gasteiger partial charge >= 0.3 is 0 Å². The zero-order valence-electron chi connectivity index (χ0n) is 10.5. The maximum absolute atomic E-state index is 13.5. The Kier molecular flexibility index (Phi) is 4.25. The van der Waals surface area contributed by atoms with Gasteiger partial charge in [-0.2, -0.15) is 4.37 Å². The highest BCUT2D eigenvalue weighted by Gasteiger charge is 2.08. The average molecular weight is 265 g/mol. The molecule has 1 N–H and O–H groups in total. The van der Waals surface area contributed by atoms with Crippen LogP contribution in [0.15, 0.2) is 24.3 Å². The van der Waals surface area contributed by atoms with Crippen LogP contribution in [0.2, 0.25) is 0 Å². The van der Waals surface area contributed by atoms with Crippen LogP contribution in [0.4, 0.5) is 9.52 Å².